The average Bonchev–Trinajstić information content (AvgIpc) is 2.56. The van der Waals surface area contributed by atoms with Gasteiger partial charge in [-0.3, -0.25) is 0 Å². The van der Waals surface area contributed by atoms with Gasteiger partial charge in [0.05, 0.1) is 5.60 Å². The number of hydrogen-bond donors (Lipinski definition) is 1. The average molecular weight is 223 g/mol. The lowest BCUT2D eigenvalue weighted by Gasteiger charge is -2.48. The summed E-state index contributed by atoms with van der Waals surface area (Å²) in [6, 6.07) is 0. The van der Waals surface area contributed by atoms with Crippen molar-refractivity contribution in [3.8, 4) is 0 Å². The summed E-state index contributed by atoms with van der Waals surface area (Å²) in [5.41, 5.74) is 0.350. The Kier molecular flexibility index (Phi) is 3.21. The van der Waals surface area contributed by atoms with E-state index in [1.807, 2.05) is 0 Å². The maximum atomic E-state index is 6.04. The predicted molar refractivity (Wildman–Crippen MR) is 65.5 cm³/mol. The molecule has 2 saturated heterocycles. The van der Waals surface area contributed by atoms with Gasteiger partial charge in [0.2, 0.25) is 0 Å². The molecule has 2 heteroatoms. The minimum absolute atomic E-state index is 0.350. The van der Waals surface area contributed by atoms with Crippen molar-refractivity contribution in [3.63, 3.8) is 0 Å². The molecular weight excluding hydrogens is 198 g/mol. The summed E-state index contributed by atoms with van der Waals surface area (Å²) in [6.07, 6.45) is 11.0. The van der Waals surface area contributed by atoms with Crippen LogP contribution in [0.1, 0.15) is 51.4 Å². The molecule has 1 saturated carbocycles. The largest absolute Gasteiger partial charge is 0.375 e. The van der Waals surface area contributed by atoms with E-state index in [4.69, 9.17) is 4.74 Å². The highest BCUT2D eigenvalue weighted by molar-refractivity contribution is 4.95. The molecule has 2 aliphatic heterocycles. The van der Waals surface area contributed by atoms with Crippen LogP contribution in [0.3, 0.4) is 0 Å². The maximum absolute atomic E-state index is 6.04. The molecule has 2 atom stereocenters. The van der Waals surface area contributed by atoms with Crippen LogP contribution < -0.4 is 5.32 Å². The van der Waals surface area contributed by atoms with Gasteiger partial charge < -0.3 is 10.1 Å². The van der Waals surface area contributed by atoms with Gasteiger partial charge in [0, 0.05) is 6.61 Å². The van der Waals surface area contributed by atoms with Gasteiger partial charge in [-0.15, -0.1) is 0 Å². The molecule has 16 heavy (non-hydrogen) atoms. The van der Waals surface area contributed by atoms with Crippen molar-refractivity contribution in [1.82, 2.24) is 5.32 Å². The molecule has 92 valence electrons. The third kappa shape index (κ3) is 2.14. The highest BCUT2D eigenvalue weighted by Crippen LogP contribution is 2.47. The van der Waals surface area contributed by atoms with Crippen molar-refractivity contribution in [3.05, 3.63) is 0 Å². The van der Waals surface area contributed by atoms with Gasteiger partial charge in [0.25, 0.3) is 0 Å². The smallest absolute Gasteiger partial charge is 0.0685 e. The van der Waals surface area contributed by atoms with Gasteiger partial charge in [-0.2, -0.15) is 0 Å². The fourth-order valence-corrected chi connectivity index (χ4v) is 3.91. The molecule has 1 spiro atoms. The van der Waals surface area contributed by atoms with Gasteiger partial charge in [-0.05, 0) is 76.3 Å². The van der Waals surface area contributed by atoms with E-state index in [9.17, 15) is 0 Å². The van der Waals surface area contributed by atoms with Crippen molar-refractivity contribution < 1.29 is 4.74 Å². The molecule has 0 amide bonds. The molecule has 0 bridgehead atoms. The molecule has 2 heterocycles. The van der Waals surface area contributed by atoms with E-state index in [1.165, 1.54) is 64.5 Å². The number of hydrogen-bond acceptors (Lipinski definition) is 2. The van der Waals surface area contributed by atoms with E-state index in [-0.39, 0.29) is 0 Å². The predicted octanol–water partition coefficient (Wildman–Crippen LogP) is 2.73. The first-order chi connectivity index (χ1) is 7.88. The van der Waals surface area contributed by atoms with Gasteiger partial charge in [-0.25, -0.2) is 0 Å². The topological polar surface area (TPSA) is 21.3 Å². The van der Waals surface area contributed by atoms with Crippen LogP contribution in [0, 0.1) is 11.8 Å². The van der Waals surface area contributed by atoms with Crippen molar-refractivity contribution in [1.29, 1.82) is 0 Å². The van der Waals surface area contributed by atoms with Gasteiger partial charge >= 0.3 is 0 Å². The minimum atomic E-state index is 0.350. The van der Waals surface area contributed by atoms with Gasteiger partial charge in [0.1, 0.15) is 0 Å². The number of ether oxygens (including phenoxy) is 1. The maximum Gasteiger partial charge on any atom is 0.0685 e. The zero-order valence-electron chi connectivity index (χ0n) is 10.3. The summed E-state index contributed by atoms with van der Waals surface area (Å²) >= 11 is 0. The fourth-order valence-electron chi connectivity index (χ4n) is 3.91. The van der Waals surface area contributed by atoms with Crippen molar-refractivity contribution in [2.24, 2.45) is 11.8 Å². The summed E-state index contributed by atoms with van der Waals surface area (Å²) in [5, 5.41) is 3.53. The first-order valence-corrected chi connectivity index (χ1v) is 7.23. The Morgan fingerprint density at radius 1 is 0.938 bits per heavy atom. The highest BCUT2D eigenvalue weighted by Gasteiger charge is 2.44. The van der Waals surface area contributed by atoms with E-state index in [0.29, 0.717) is 5.60 Å². The zero-order chi connectivity index (χ0) is 10.8. The number of nitrogens with one attached hydrogen (secondary N) is 1. The molecule has 1 N–H and O–H groups in total. The second-order valence-corrected chi connectivity index (χ2v) is 6.08. The van der Waals surface area contributed by atoms with Gasteiger partial charge in [-0.1, -0.05) is 0 Å². The van der Waals surface area contributed by atoms with Crippen molar-refractivity contribution in [2.75, 3.05) is 19.7 Å². The SMILES string of the molecule is C1CNCCC(C2CCOC3(CCC3)C2)C1. The lowest BCUT2D eigenvalue weighted by molar-refractivity contribution is -0.150. The lowest BCUT2D eigenvalue weighted by Crippen LogP contribution is -2.46. The lowest BCUT2D eigenvalue weighted by atomic mass is 9.68. The Morgan fingerprint density at radius 2 is 1.88 bits per heavy atom. The van der Waals surface area contributed by atoms with Crippen LogP contribution in [0.2, 0.25) is 0 Å². The van der Waals surface area contributed by atoms with Crippen LogP contribution in [0.5, 0.6) is 0 Å². The zero-order valence-corrected chi connectivity index (χ0v) is 10.3. The molecule has 2 nitrogen and oxygen atoms in total. The Morgan fingerprint density at radius 3 is 2.69 bits per heavy atom. The fraction of sp³-hybridized carbons (Fsp3) is 1.00. The molecule has 0 radical (unpaired) electrons. The van der Waals surface area contributed by atoms with Crippen molar-refractivity contribution in [2.45, 2.75) is 57.0 Å². The van der Waals surface area contributed by atoms with Crippen LogP contribution in [0.4, 0.5) is 0 Å². The molecule has 3 fully saturated rings. The summed E-state index contributed by atoms with van der Waals surface area (Å²) in [4.78, 5) is 0. The third-order valence-electron chi connectivity index (χ3n) is 5.08. The first kappa shape index (κ1) is 11.0. The standard InChI is InChI=1S/C14H25NO/c1-3-12(4-9-15-8-1)13-5-10-16-14(11-13)6-2-7-14/h12-13,15H,1-11H2. The Hall–Kier alpha value is -0.0800. The second-order valence-electron chi connectivity index (χ2n) is 6.08. The molecule has 1 aliphatic carbocycles. The van der Waals surface area contributed by atoms with Crippen LogP contribution in [-0.4, -0.2) is 25.3 Å². The molecule has 3 aliphatic rings. The third-order valence-corrected chi connectivity index (χ3v) is 5.08. The van der Waals surface area contributed by atoms with Crippen LogP contribution in [-0.2, 0) is 4.74 Å². The van der Waals surface area contributed by atoms with E-state index in [2.05, 4.69) is 5.32 Å². The van der Waals surface area contributed by atoms with E-state index >= 15 is 0 Å². The first-order valence-electron chi connectivity index (χ1n) is 7.23. The summed E-state index contributed by atoms with van der Waals surface area (Å²) in [5.74, 6) is 1.95. The monoisotopic (exact) mass is 223 g/mol. The quantitative estimate of drug-likeness (QED) is 0.738. The highest BCUT2D eigenvalue weighted by atomic mass is 16.5. The summed E-state index contributed by atoms with van der Waals surface area (Å²) in [7, 11) is 0. The Labute approximate surface area is 99.1 Å². The van der Waals surface area contributed by atoms with E-state index in [0.717, 1.165) is 18.4 Å². The molecule has 0 aromatic rings. The van der Waals surface area contributed by atoms with Crippen molar-refractivity contribution >= 4 is 0 Å². The van der Waals surface area contributed by atoms with Crippen LogP contribution in [0.15, 0.2) is 0 Å². The Bertz CT molecular complexity index is 229. The minimum Gasteiger partial charge on any atom is -0.375 e. The molecule has 0 aromatic carbocycles. The summed E-state index contributed by atoms with van der Waals surface area (Å²) < 4.78 is 6.04. The van der Waals surface area contributed by atoms with Crippen LogP contribution >= 0.6 is 0 Å². The number of rotatable bonds is 1. The molecular formula is C14H25NO. The summed E-state index contributed by atoms with van der Waals surface area (Å²) in [6.45, 7) is 3.52. The van der Waals surface area contributed by atoms with Gasteiger partial charge in [0.15, 0.2) is 0 Å². The normalized spacial score (nSPS) is 39.0. The molecule has 3 rings (SSSR count). The van der Waals surface area contributed by atoms with E-state index in [1.54, 1.807) is 0 Å². The molecule has 0 aromatic heterocycles. The van der Waals surface area contributed by atoms with E-state index < -0.39 is 0 Å². The van der Waals surface area contributed by atoms with Crippen LogP contribution in [0.25, 0.3) is 0 Å². The Balaban J connectivity index is 1.60. The molecule has 2 unspecified atom stereocenters. The second kappa shape index (κ2) is 4.66.